The van der Waals surface area contributed by atoms with E-state index in [0.29, 0.717) is 24.9 Å². The summed E-state index contributed by atoms with van der Waals surface area (Å²) in [6.07, 6.45) is 6.90. The largest absolute Gasteiger partial charge is 0.307 e. The Balaban J connectivity index is 1.79. The van der Waals surface area contributed by atoms with Crippen LogP contribution in [-0.2, 0) is 17.8 Å². The molecular weight excluding hydrogens is 240 g/mol. The number of aromatic nitrogens is 3. The third kappa shape index (κ3) is 4.42. The Bertz CT molecular complexity index is 407. The second-order valence-corrected chi connectivity index (χ2v) is 5.83. The summed E-state index contributed by atoms with van der Waals surface area (Å²) in [5, 5.41) is 7.53. The first-order valence-corrected chi connectivity index (χ1v) is 7.27. The van der Waals surface area contributed by atoms with E-state index in [9.17, 15) is 4.79 Å². The Kier molecular flexibility index (Phi) is 5.07. The molecule has 1 aliphatic rings. The van der Waals surface area contributed by atoms with Gasteiger partial charge in [0.2, 0.25) is 0 Å². The summed E-state index contributed by atoms with van der Waals surface area (Å²) < 4.78 is 1.85. The topological polar surface area (TPSA) is 59.8 Å². The van der Waals surface area contributed by atoms with Crippen LogP contribution in [0, 0.1) is 5.92 Å². The highest BCUT2D eigenvalue weighted by molar-refractivity contribution is 5.82. The molecule has 0 aromatic carbocycles. The Morgan fingerprint density at radius 3 is 2.89 bits per heavy atom. The molecule has 106 valence electrons. The van der Waals surface area contributed by atoms with Crippen molar-refractivity contribution < 1.29 is 4.79 Å². The van der Waals surface area contributed by atoms with Crippen LogP contribution in [0.4, 0.5) is 0 Å². The standard InChI is InChI=1S/C14H24N4O/c1-11(2)9-18-14(16-10-17-18)7-13(19)8-15-12-5-3-4-6-12/h10-12,15H,3-9H2,1-2H3. The highest BCUT2D eigenvalue weighted by Crippen LogP contribution is 2.17. The van der Waals surface area contributed by atoms with Crippen LogP contribution in [0.3, 0.4) is 0 Å². The summed E-state index contributed by atoms with van der Waals surface area (Å²) in [6, 6.07) is 0.539. The molecule has 1 aromatic rings. The van der Waals surface area contributed by atoms with Crippen molar-refractivity contribution in [2.45, 2.75) is 58.5 Å². The number of hydrogen-bond acceptors (Lipinski definition) is 4. The van der Waals surface area contributed by atoms with Crippen LogP contribution < -0.4 is 5.32 Å². The molecule has 0 atom stereocenters. The van der Waals surface area contributed by atoms with Crippen molar-refractivity contribution in [3.8, 4) is 0 Å². The van der Waals surface area contributed by atoms with E-state index in [1.807, 2.05) is 4.68 Å². The number of nitrogens with one attached hydrogen (secondary N) is 1. The molecule has 1 fully saturated rings. The minimum Gasteiger partial charge on any atom is -0.307 e. The van der Waals surface area contributed by atoms with Crippen molar-refractivity contribution in [3.05, 3.63) is 12.2 Å². The molecule has 1 heterocycles. The maximum Gasteiger partial charge on any atom is 0.154 e. The molecule has 0 spiro atoms. The van der Waals surface area contributed by atoms with E-state index in [1.54, 1.807) is 0 Å². The zero-order chi connectivity index (χ0) is 13.7. The lowest BCUT2D eigenvalue weighted by atomic mass is 10.2. The highest BCUT2D eigenvalue weighted by Gasteiger charge is 2.16. The van der Waals surface area contributed by atoms with Crippen molar-refractivity contribution in [3.63, 3.8) is 0 Å². The normalized spacial score (nSPS) is 16.4. The van der Waals surface area contributed by atoms with E-state index >= 15 is 0 Å². The second kappa shape index (κ2) is 6.80. The van der Waals surface area contributed by atoms with Gasteiger partial charge in [-0.05, 0) is 18.8 Å². The lowest BCUT2D eigenvalue weighted by Gasteiger charge is -2.11. The van der Waals surface area contributed by atoms with Crippen molar-refractivity contribution >= 4 is 5.78 Å². The quantitative estimate of drug-likeness (QED) is 0.812. The van der Waals surface area contributed by atoms with Crippen LogP contribution in [0.1, 0.15) is 45.4 Å². The van der Waals surface area contributed by atoms with Gasteiger partial charge in [0.1, 0.15) is 12.2 Å². The predicted molar refractivity (Wildman–Crippen MR) is 73.8 cm³/mol. The van der Waals surface area contributed by atoms with Crippen LogP contribution in [0.15, 0.2) is 6.33 Å². The first kappa shape index (κ1) is 14.2. The summed E-state index contributed by atoms with van der Waals surface area (Å²) in [6.45, 7) is 5.54. The van der Waals surface area contributed by atoms with E-state index in [4.69, 9.17) is 0 Å². The lowest BCUT2D eigenvalue weighted by molar-refractivity contribution is -0.117. The van der Waals surface area contributed by atoms with Gasteiger partial charge >= 0.3 is 0 Å². The number of hydrogen-bond donors (Lipinski definition) is 1. The molecule has 0 saturated heterocycles. The van der Waals surface area contributed by atoms with Crippen LogP contribution in [0.25, 0.3) is 0 Å². The van der Waals surface area contributed by atoms with Gasteiger partial charge in [-0.25, -0.2) is 9.67 Å². The van der Waals surface area contributed by atoms with Gasteiger partial charge in [0.15, 0.2) is 5.78 Å². The van der Waals surface area contributed by atoms with E-state index in [0.717, 1.165) is 12.4 Å². The SMILES string of the molecule is CC(C)Cn1ncnc1CC(=O)CNC1CCCC1. The van der Waals surface area contributed by atoms with Gasteiger partial charge in [0, 0.05) is 12.6 Å². The molecule has 0 amide bonds. The fourth-order valence-electron chi connectivity index (χ4n) is 2.55. The Hall–Kier alpha value is -1.23. The van der Waals surface area contributed by atoms with Gasteiger partial charge in [-0.1, -0.05) is 26.7 Å². The molecule has 1 aromatic heterocycles. The Morgan fingerprint density at radius 1 is 1.47 bits per heavy atom. The van der Waals surface area contributed by atoms with E-state index < -0.39 is 0 Å². The minimum atomic E-state index is 0.199. The molecule has 1 aliphatic carbocycles. The van der Waals surface area contributed by atoms with Gasteiger partial charge in [0.05, 0.1) is 13.0 Å². The van der Waals surface area contributed by atoms with Crippen LogP contribution >= 0.6 is 0 Å². The van der Waals surface area contributed by atoms with Crippen molar-refractivity contribution in [2.75, 3.05) is 6.54 Å². The van der Waals surface area contributed by atoms with Gasteiger partial charge < -0.3 is 5.32 Å². The first-order chi connectivity index (χ1) is 9.15. The smallest absolute Gasteiger partial charge is 0.154 e. The molecule has 0 unspecified atom stereocenters. The van der Waals surface area contributed by atoms with Crippen molar-refractivity contribution in [1.29, 1.82) is 0 Å². The lowest BCUT2D eigenvalue weighted by Crippen LogP contribution is -2.32. The van der Waals surface area contributed by atoms with Crippen LogP contribution in [0.5, 0.6) is 0 Å². The first-order valence-electron chi connectivity index (χ1n) is 7.27. The molecule has 1 N–H and O–H groups in total. The number of ketones is 1. The maximum absolute atomic E-state index is 12.0. The summed E-state index contributed by atoms with van der Waals surface area (Å²) in [4.78, 5) is 16.2. The molecule has 2 rings (SSSR count). The summed E-state index contributed by atoms with van der Waals surface area (Å²) >= 11 is 0. The maximum atomic E-state index is 12.0. The van der Waals surface area contributed by atoms with Gasteiger partial charge in [-0.3, -0.25) is 4.79 Å². The van der Waals surface area contributed by atoms with Gasteiger partial charge in [-0.2, -0.15) is 5.10 Å². The number of carbonyl (C=O) groups excluding carboxylic acids is 1. The minimum absolute atomic E-state index is 0.199. The van der Waals surface area contributed by atoms with Gasteiger partial charge in [0.25, 0.3) is 0 Å². The molecule has 5 heteroatoms. The number of carbonyl (C=O) groups is 1. The second-order valence-electron chi connectivity index (χ2n) is 5.83. The highest BCUT2D eigenvalue weighted by atomic mass is 16.1. The zero-order valence-electron chi connectivity index (χ0n) is 11.9. The van der Waals surface area contributed by atoms with Crippen LogP contribution in [-0.4, -0.2) is 33.1 Å². The number of Topliss-reactive ketones (excluding diaryl/α,β-unsaturated/α-hetero) is 1. The molecule has 0 bridgehead atoms. The monoisotopic (exact) mass is 264 g/mol. The molecule has 19 heavy (non-hydrogen) atoms. The summed E-state index contributed by atoms with van der Waals surface area (Å²) in [5.41, 5.74) is 0. The van der Waals surface area contributed by atoms with E-state index in [1.165, 1.54) is 32.0 Å². The number of rotatable bonds is 7. The Labute approximate surface area is 114 Å². The number of nitrogens with zero attached hydrogens (tertiary/aromatic N) is 3. The summed E-state index contributed by atoms with van der Waals surface area (Å²) in [5.74, 6) is 1.49. The predicted octanol–water partition coefficient (Wildman–Crippen LogP) is 1.58. The third-order valence-electron chi connectivity index (χ3n) is 3.53. The molecule has 5 nitrogen and oxygen atoms in total. The average Bonchev–Trinajstić information content (AvgIpc) is 2.98. The average molecular weight is 264 g/mol. The fraction of sp³-hybridized carbons (Fsp3) is 0.786. The molecule has 0 aliphatic heterocycles. The zero-order valence-corrected chi connectivity index (χ0v) is 11.9. The fourth-order valence-corrected chi connectivity index (χ4v) is 2.55. The van der Waals surface area contributed by atoms with E-state index in [2.05, 4.69) is 29.2 Å². The van der Waals surface area contributed by atoms with Crippen molar-refractivity contribution in [2.24, 2.45) is 5.92 Å². The molecular formula is C14H24N4O. The molecule has 0 radical (unpaired) electrons. The van der Waals surface area contributed by atoms with E-state index in [-0.39, 0.29) is 5.78 Å². The van der Waals surface area contributed by atoms with Crippen LogP contribution in [0.2, 0.25) is 0 Å². The summed E-state index contributed by atoms with van der Waals surface area (Å²) in [7, 11) is 0. The molecule has 1 saturated carbocycles. The van der Waals surface area contributed by atoms with Crippen molar-refractivity contribution in [1.82, 2.24) is 20.1 Å². The van der Waals surface area contributed by atoms with Gasteiger partial charge in [-0.15, -0.1) is 0 Å². The Morgan fingerprint density at radius 2 is 2.21 bits per heavy atom. The third-order valence-corrected chi connectivity index (χ3v) is 3.53.